The predicted octanol–water partition coefficient (Wildman–Crippen LogP) is 3.99. The summed E-state index contributed by atoms with van der Waals surface area (Å²) < 4.78 is 13.4. The van der Waals surface area contributed by atoms with Crippen LogP contribution in [-0.2, 0) is 6.42 Å². The molecule has 3 heteroatoms. The molecular formula is C16H13FOS. The average Bonchev–Trinajstić information content (AvgIpc) is 2.46. The number of halogens is 1. The third kappa shape index (κ3) is 3.55. The fourth-order valence-corrected chi connectivity index (χ4v) is 2.00. The molecule has 1 nitrogen and oxygen atoms in total. The van der Waals surface area contributed by atoms with E-state index in [0.717, 1.165) is 11.1 Å². The first kappa shape index (κ1) is 13.6. The highest BCUT2D eigenvalue weighted by molar-refractivity contribution is 7.79. The van der Waals surface area contributed by atoms with Crippen LogP contribution in [0.1, 0.15) is 27.9 Å². The summed E-state index contributed by atoms with van der Waals surface area (Å²) in [6.07, 6.45) is 0.906. The highest BCUT2D eigenvalue weighted by atomic mass is 32.1. The molecule has 0 N–H and O–H groups in total. The van der Waals surface area contributed by atoms with Crippen molar-refractivity contribution in [3.8, 4) is 0 Å². The second kappa shape index (κ2) is 6.34. The smallest absolute Gasteiger partial charge is 0.166 e. The first-order valence-electron chi connectivity index (χ1n) is 6.02. The van der Waals surface area contributed by atoms with Crippen LogP contribution in [0.5, 0.6) is 0 Å². The zero-order valence-electron chi connectivity index (χ0n) is 10.3. The summed E-state index contributed by atoms with van der Waals surface area (Å²) in [5, 5.41) is 1.61. The molecule has 0 saturated carbocycles. The predicted molar refractivity (Wildman–Crippen MR) is 78.3 cm³/mol. The molecule has 0 bridgehead atoms. The van der Waals surface area contributed by atoms with Crippen LogP contribution in [0, 0.1) is 5.82 Å². The van der Waals surface area contributed by atoms with Crippen molar-refractivity contribution in [3.63, 3.8) is 0 Å². The average molecular weight is 272 g/mol. The van der Waals surface area contributed by atoms with Crippen molar-refractivity contribution in [2.45, 2.75) is 12.8 Å². The monoisotopic (exact) mass is 272 g/mol. The van der Waals surface area contributed by atoms with Gasteiger partial charge in [-0.3, -0.25) is 4.79 Å². The molecule has 0 fully saturated rings. The van der Waals surface area contributed by atoms with Crippen LogP contribution in [0.4, 0.5) is 4.39 Å². The molecule has 2 aromatic carbocycles. The normalized spacial score (nSPS) is 10.2. The zero-order valence-corrected chi connectivity index (χ0v) is 11.1. The standard InChI is InChI=1S/C16H13FOS/c17-15-4-2-1-3-14(15)16(18)10-9-12-5-7-13(11-19)8-6-12/h1-8,11H,9-10H2. The van der Waals surface area contributed by atoms with Gasteiger partial charge in [-0.05, 0) is 29.7 Å². The second-order valence-corrected chi connectivity index (χ2v) is 4.50. The Morgan fingerprint density at radius 1 is 1.11 bits per heavy atom. The lowest BCUT2D eigenvalue weighted by Crippen LogP contribution is -2.03. The van der Waals surface area contributed by atoms with E-state index in [1.54, 1.807) is 17.5 Å². The van der Waals surface area contributed by atoms with E-state index < -0.39 is 5.82 Å². The Kier molecular flexibility index (Phi) is 4.53. The first-order chi connectivity index (χ1) is 9.20. The Labute approximate surface area is 117 Å². The van der Waals surface area contributed by atoms with Crippen molar-refractivity contribution in [2.24, 2.45) is 0 Å². The first-order valence-corrected chi connectivity index (χ1v) is 6.49. The van der Waals surface area contributed by atoms with Crippen molar-refractivity contribution in [1.82, 2.24) is 0 Å². The van der Waals surface area contributed by atoms with E-state index in [-0.39, 0.29) is 11.3 Å². The van der Waals surface area contributed by atoms with Gasteiger partial charge in [0.2, 0.25) is 0 Å². The molecule has 2 aromatic rings. The van der Waals surface area contributed by atoms with Crippen molar-refractivity contribution < 1.29 is 9.18 Å². The quantitative estimate of drug-likeness (QED) is 0.604. The van der Waals surface area contributed by atoms with E-state index in [1.165, 1.54) is 12.1 Å². The summed E-state index contributed by atoms with van der Waals surface area (Å²) in [6, 6.07) is 13.8. The molecule has 0 aliphatic rings. The zero-order chi connectivity index (χ0) is 13.7. The van der Waals surface area contributed by atoms with Crippen molar-refractivity contribution in [2.75, 3.05) is 0 Å². The molecule has 0 saturated heterocycles. The van der Waals surface area contributed by atoms with Gasteiger partial charge in [-0.25, -0.2) is 4.39 Å². The minimum atomic E-state index is -0.455. The van der Waals surface area contributed by atoms with E-state index in [4.69, 9.17) is 12.2 Å². The molecule has 0 atom stereocenters. The Balaban J connectivity index is 2.00. The highest BCUT2D eigenvalue weighted by Gasteiger charge is 2.10. The molecule has 0 aromatic heterocycles. The van der Waals surface area contributed by atoms with Gasteiger partial charge in [0.15, 0.2) is 5.78 Å². The van der Waals surface area contributed by atoms with Gasteiger partial charge in [-0.1, -0.05) is 48.6 Å². The molecule has 0 heterocycles. The molecule has 0 spiro atoms. The summed E-state index contributed by atoms with van der Waals surface area (Å²) in [7, 11) is 0. The van der Waals surface area contributed by atoms with Crippen molar-refractivity contribution in [1.29, 1.82) is 0 Å². The number of hydrogen-bond acceptors (Lipinski definition) is 2. The van der Waals surface area contributed by atoms with Crippen LogP contribution in [-0.4, -0.2) is 11.2 Å². The lowest BCUT2D eigenvalue weighted by atomic mass is 10.0. The lowest BCUT2D eigenvalue weighted by molar-refractivity contribution is 0.0979. The van der Waals surface area contributed by atoms with Crippen molar-refractivity contribution >= 4 is 23.4 Å². The maximum atomic E-state index is 13.4. The number of aryl methyl sites for hydroxylation is 1. The van der Waals surface area contributed by atoms with E-state index in [2.05, 4.69) is 0 Å². The van der Waals surface area contributed by atoms with Gasteiger partial charge in [0.25, 0.3) is 0 Å². The Morgan fingerprint density at radius 3 is 2.42 bits per heavy atom. The molecular weight excluding hydrogens is 259 g/mol. The topological polar surface area (TPSA) is 17.1 Å². The molecule has 0 unspecified atom stereocenters. The minimum absolute atomic E-state index is 0.165. The highest BCUT2D eigenvalue weighted by Crippen LogP contribution is 2.12. The largest absolute Gasteiger partial charge is 0.294 e. The third-order valence-corrected chi connectivity index (χ3v) is 3.20. The number of thiocarbonyl (C=S) groups is 1. The molecule has 0 aliphatic carbocycles. The Bertz CT molecular complexity index is 590. The SMILES string of the molecule is O=C(CCc1ccc(C=S)cc1)c1ccccc1F. The molecule has 0 aliphatic heterocycles. The fourth-order valence-electron chi connectivity index (χ4n) is 1.84. The maximum absolute atomic E-state index is 13.4. The fraction of sp³-hybridized carbons (Fsp3) is 0.125. The van der Waals surface area contributed by atoms with Crippen LogP contribution in [0.2, 0.25) is 0 Å². The van der Waals surface area contributed by atoms with Crippen LogP contribution in [0.25, 0.3) is 0 Å². The van der Waals surface area contributed by atoms with E-state index in [0.29, 0.717) is 12.8 Å². The van der Waals surface area contributed by atoms with Crippen molar-refractivity contribution in [3.05, 3.63) is 71.0 Å². The number of carbonyl (C=O) groups excluding carboxylic acids is 1. The van der Waals surface area contributed by atoms with Crippen LogP contribution in [0.15, 0.2) is 48.5 Å². The molecule has 0 amide bonds. The minimum Gasteiger partial charge on any atom is -0.294 e. The lowest BCUT2D eigenvalue weighted by Gasteiger charge is -2.03. The molecule has 2 rings (SSSR count). The number of carbonyl (C=O) groups is 1. The van der Waals surface area contributed by atoms with Gasteiger partial charge in [-0.15, -0.1) is 0 Å². The van der Waals surface area contributed by atoms with Crippen LogP contribution < -0.4 is 0 Å². The van der Waals surface area contributed by atoms with Gasteiger partial charge in [-0.2, -0.15) is 0 Å². The van der Waals surface area contributed by atoms with Crippen LogP contribution >= 0.6 is 12.2 Å². The second-order valence-electron chi connectivity index (χ2n) is 4.26. The number of hydrogen-bond donors (Lipinski definition) is 0. The van der Waals surface area contributed by atoms with E-state index in [9.17, 15) is 9.18 Å². The summed E-state index contributed by atoms with van der Waals surface area (Å²) >= 11 is 4.83. The van der Waals surface area contributed by atoms with E-state index >= 15 is 0 Å². The van der Waals surface area contributed by atoms with Gasteiger partial charge in [0, 0.05) is 11.8 Å². The van der Waals surface area contributed by atoms with Gasteiger partial charge in [0.05, 0.1) is 5.56 Å². The van der Waals surface area contributed by atoms with Crippen LogP contribution in [0.3, 0.4) is 0 Å². The summed E-state index contributed by atoms with van der Waals surface area (Å²) in [4.78, 5) is 11.9. The molecule has 19 heavy (non-hydrogen) atoms. The van der Waals surface area contributed by atoms with Gasteiger partial charge < -0.3 is 0 Å². The van der Waals surface area contributed by atoms with Gasteiger partial charge in [0.1, 0.15) is 5.82 Å². The summed E-state index contributed by atoms with van der Waals surface area (Å²) in [6.45, 7) is 0. The number of Topliss-reactive ketones (excluding diaryl/α,β-unsaturated/α-hetero) is 1. The summed E-state index contributed by atoms with van der Waals surface area (Å²) in [5.74, 6) is -0.624. The number of ketones is 1. The third-order valence-electron chi connectivity index (χ3n) is 2.93. The number of benzene rings is 2. The Hall–Kier alpha value is -1.87. The maximum Gasteiger partial charge on any atom is 0.166 e. The molecule has 0 radical (unpaired) electrons. The number of rotatable bonds is 5. The Morgan fingerprint density at radius 2 is 1.79 bits per heavy atom. The van der Waals surface area contributed by atoms with Gasteiger partial charge >= 0.3 is 0 Å². The molecule has 96 valence electrons. The van der Waals surface area contributed by atoms with E-state index in [1.807, 2.05) is 24.3 Å². The summed E-state index contributed by atoms with van der Waals surface area (Å²) in [5.41, 5.74) is 2.18.